The van der Waals surface area contributed by atoms with Crippen molar-refractivity contribution in [3.05, 3.63) is 59.6 Å². The fourth-order valence-electron chi connectivity index (χ4n) is 4.75. The van der Waals surface area contributed by atoms with Gasteiger partial charge in [-0.25, -0.2) is 19.3 Å². The Kier molecular flexibility index (Phi) is 8.99. The van der Waals surface area contributed by atoms with E-state index in [1.807, 2.05) is 12.1 Å². The zero-order valence-electron chi connectivity index (χ0n) is 22.1. The van der Waals surface area contributed by atoms with E-state index in [0.717, 1.165) is 37.7 Å². The molecule has 2 aromatic carbocycles. The van der Waals surface area contributed by atoms with Crippen LogP contribution >= 0.6 is 11.3 Å². The summed E-state index contributed by atoms with van der Waals surface area (Å²) in [5.41, 5.74) is 0.816. The Morgan fingerprint density at radius 1 is 1.23 bits per heavy atom. The summed E-state index contributed by atoms with van der Waals surface area (Å²) in [6.45, 7) is 2.60. The third-order valence-corrected chi connectivity index (χ3v) is 7.65. The molecule has 1 atom stereocenters. The van der Waals surface area contributed by atoms with Crippen molar-refractivity contribution in [3.63, 3.8) is 0 Å². The maximum absolute atomic E-state index is 13.8. The molecule has 1 fully saturated rings. The number of fused-ring (bicyclic) bond motifs is 1. The number of carbonyl (C=O) groups excluding carboxylic acids is 1. The number of aliphatic hydroxyl groups excluding tert-OH is 1. The Bertz CT molecular complexity index is 1470. The second-order valence-electron chi connectivity index (χ2n) is 9.42. The average molecular weight is 567 g/mol. The minimum absolute atomic E-state index is 0.0607. The number of likely N-dealkylation sites (tertiary alicyclic amines) is 1. The molecule has 2 aromatic heterocycles. The highest BCUT2D eigenvalue weighted by molar-refractivity contribution is 7.15. The lowest BCUT2D eigenvalue weighted by atomic mass is 10.2. The summed E-state index contributed by atoms with van der Waals surface area (Å²) in [5.74, 6) is 0.872. The monoisotopic (exact) mass is 566 g/mol. The molecule has 1 saturated heterocycles. The molecule has 1 aliphatic heterocycles. The Balaban J connectivity index is 1.22. The number of carbonyl (C=O) groups is 1. The Hall–Kier alpha value is -3.87. The number of nitrogens with one attached hydrogen (secondary N) is 2. The van der Waals surface area contributed by atoms with E-state index in [2.05, 4.69) is 30.5 Å². The van der Waals surface area contributed by atoms with E-state index in [-0.39, 0.29) is 30.7 Å². The number of hydrogen-bond donors (Lipinski definition) is 3. The maximum atomic E-state index is 13.8. The van der Waals surface area contributed by atoms with Gasteiger partial charge in [0.25, 0.3) is 0 Å². The van der Waals surface area contributed by atoms with Crippen LogP contribution in [0.5, 0.6) is 11.5 Å². The number of nitrogens with zero attached hydrogens (tertiary/aromatic N) is 4. The van der Waals surface area contributed by atoms with Crippen LogP contribution in [0, 0.1) is 5.82 Å². The standard InChI is InChI=1S/C28H31FN6O4S/c1-38-24-13-20-23(14-25(24)39-11-5-10-35-9-4-6-18(35)16-36)31-17-32-27(20)34-28-30-15-19(40-28)12-26(37)33-22-8-3-2-7-21(22)29/h2-3,7-8,13-15,17-18,36H,4-6,9-12,16H2,1H3,(H,33,37)(H,30,31,32,34)/t18-/m0/s1. The van der Waals surface area contributed by atoms with Crippen LogP contribution in [0.15, 0.2) is 48.9 Å². The molecule has 10 nitrogen and oxygen atoms in total. The van der Waals surface area contributed by atoms with Crippen LogP contribution in [0.2, 0.25) is 0 Å². The van der Waals surface area contributed by atoms with Crippen molar-refractivity contribution in [2.24, 2.45) is 0 Å². The van der Waals surface area contributed by atoms with Crippen molar-refractivity contribution in [1.82, 2.24) is 19.9 Å². The maximum Gasteiger partial charge on any atom is 0.229 e. The Morgan fingerprint density at radius 2 is 2.10 bits per heavy atom. The summed E-state index contributed by atoms with van der Waals surface area (Å²) < 4.78 is 25.5. The van der Waals surface area contributed by atoms with Gasteiger partial charge in [0.05, 0.1) is 37.9 Å². The van der Waals surface area contributed by atoms with Gasteiger partial charge in [0.2, 0.25) is 5.91 Å². The molecule has 3 heterocycles. The van der Waals surface area contributed by atoms with Gasteiger partial charge in [0, 0.05) is 35.1 Å². The van der Waals surface area contributed by atoms with Gasteiger partial charge >= 0.3 is 0 Å². The summed E-state index contributed by atoms with van der Waals surface area (Å²) in [6.07, 6.45) is 6.12. The van der Waals surface area contributed by atoms with Gasteiger partial charge in [-0.15, -0.1) is 11.3 Å². The second-order valence-corrected chi connectivity index (χ2v) is 10.5. The lowest BCUT2D eigenvalue weighted by Crippen LogP contribution is -2.33. The van der Waals surface area contributed by atoms with Crippen molar-refractivity contribution in [2.75, 3.05) is 44.0 Å². The molecule has 5 rings (SSSR count). The molecule has 0 saturated carbocycles. The number of ether oxygens (including phenoxy) is 2. The molecule has 0 aliphatic carbocycles. The smallest absolute Gasteiger partial charge is 0.229 e. The van der Waals surface area contributed by atoms with Crippen molar-refractivity contribution in [2.45, 2.75) is 31.7 Å². The molecule has 0 spiro atoms. The first-order chi connectivity index (χ1) is 19.5. The number of methoxy groups -OCH3 is 1. The van der Waals surface area contributed by atoms with Crippen molar-refractivity contribution in [3.8, 4) is 11.5 Å². The number of para-hydroxylation sites is 1. The molecule has 0 bridgehead atoms. The zero-order chi connectivity index (χ0) is 27.9. The average Bonchev–Trinajstić information content (AvgIpc) is 3.61. The minimum Gasteiger partial charge on any atom is -0.493 e. The third-order valence-electron chi connectivity index (χ3n) is 6.74. The van der Waals surface area contributed by atoms with Crippen LogP contribution in [0.1, 0.15) is 24.1 Å². The molecule has 40 heavy (non-hydrogen) atoms. The predicted molar refractivity (Wildman–Crippen MR) is 152 cm³/mol. The fraction of sp³-hybridized carbons (Fsp3) is 0.357. The quantitative estimate of drug-likeness (QED) is 0.214. The first-order valence-corrected chi connectivity index (χ1v) is 13.9. The molecular weight excluding hydrogens is 535 g/mol. The topological polar surface area (TPSA) is 122 Å². The van der Waals surface area contributed by atoms with Crippen LogP contribution in [0.4, 0.5) is 21.0 Å². The molecule has 12 heteroatoms. The summed E-state index contributed by atoms with van der Waals surface area (Å²) in [5, 5.41) is 16.6. The van der Waals surface area contributed by atoms with E-state index in [0.29, 0.717) is 39.4 Å². The van der Waals surface area contributed by atoms with Gasteiger partial charge < -0.3 is 25.2 Å². The van der Waals surface area contributed by atoms with Gasteiger partial charge in [-0.05, 0) is 44.0 Å². The molecule has 0 unspecified atom stereocenters. The predicted octanol–water partition coefficient (Wildman–Crippen LogP) is 4.38. The first kappa shape index (κ1) is 27.7. The lowest BCUT2D eigenvalue weighted by Gasteiger charge is -2.22. The van der Waals surface area contributed by atoms with Crippen molar-refractivity contribution >= 4 is 44.8 Å². The summed E-state index contributed by atoms with van der Waals surface area (Å²) in [4.78, 5) is 28.6. The highest BCUT2D eigenvalue weighted by atomic mass is 32.1. The number of aliphatic hydroxyl groups is 1. The van der Waals surface area contributed by atoms with Crippen LogP contribution in [-0.2, 0) is 11.2 Å². The normalized spacial score (nSPS) is 15.3. The molecular formula is C28H31FN6O4S. The van der Waals surface area contributed by atoms with Crippen LogP contribution in [0.25, 0.3) is 10.9 Å². The Labute approximate surface area is 235 Å². The zero-order valence-corrected chi connectivity index (χ0v) is 22.9. The van der Waals surface area contributed by atoms with Crippen LogP contribution in [0.3, 0.4) is 0 Å². The number of aromatic nitrogens is 3. The van der Waals surface area contributed by atoms with Crippen molar-refractivity contribution in [1.29, 1.82) is 0 Å². The molecule has 3 N–H and O–H groups in total. The van der Waals surface area contributed by atoms with E-state index in [1.54, 1.807) is 25.4 Å². The summed E-state index contributed by atoms with van der Waals surface area (Å²) in [6, 6.07) is 9.94. The van der Waals surface area contributed by atoms with E-state index < -0.39 is 5.82 Å². The number of rotatable bonds is 12. The lowest BCUT2D eigenvalue weighted by molar-refractivity contribution is -0.115. The Morgan fingerprint density at radius 3 is 2.92 bits per heavy atom. The molecule has 1 amide bonds. The van der Waals surface area contributed by atoms with Crippen LogP contribution in [-0.4, -0.2) is 70.3 Å². The highest BCUT2D eigenvalue weighted by Gasteiger charge is 2.23. The second kappa shape index (κ2) is 13.0. The first-order valence-electron chi connectivity index (χ1n) is 13.1. The number of hydrogen-bond acceptors (Lipinski definition) is 10. The molecule has 210 valence electrons. The van der Waals surface area contributed by atoms with E-state index in [4.69, 9.17) is 9.47 Å². The number of amides is 1. The highest BCUT2D eigenvalue weighted by Crippen LogP contribution is 2.35. The number of thiazole rings is 1. The molecule has 1 aliphatic rings. The summed E-state index contributed by atoms with van der Waals surface area (Å²) >= 11 is 1.31. The fourth-order valence-corrected chi connectivity index (χ4v) is 5.56. The van der Waals surface area contributed by atoms with Gasteiger partial charge in [-0.1, -0.05) is 12.1 Å². The van der Waals surface area contributed by atoms with Gasteiger partial charge in [0.15, 0.2) is 16.6 Å². The number of halogens is 1. The van der Waals surface area contributed by atoms with E-state index in [1.165, 1.54) is 29.8 Å². The van der Waals surface area contributed by atoms with Gasteiger partial charge in [0.1, 0.15) is 18.0 Å². The number of anilines is 3. The number of benzene rings is 2. The van der Waals surface area contributed by atoms with E-state index >= 15 is 0 Å². The molecule has 4 aromatic rings. The largest absolute Gasteiger partial charge is 0.493 e. The van der Waals surface area contributed by atoms with Crippen LogP contribution < -0.4 is 20.1 Å². The van der Waals surface area contributed by atoms with Gasteiger partial charge in [-0.3, -0.25) is 9.69 Å². The van der Waals surface area contributed by atoms with Crippen molar-refractivity contribution < 1.29 is 23.8 Å². The SMILES string of the molecule is COc1cc2c(Nc3ncc(CC(=O)Nc4ccccc4F)s3)ncnc2cc1OCCCN1CCC[C@H]1CO. The summed E-state index contributed by atoms with van der Waals surface area (Å²) in [7, 11) is 1.58. The molecule has 0 radical (unpaired) electrons. The van der Waals surface area contributed by atoms with E-state index in [9.17, 15) is 14.3 Å². The minimum atomic E-state index is -0.486. The third kappa shape index (κ3) is 6.64. The van der Waals surface area contributed by atoms with Gasteiger partial charge in [-0.2, -0.15) is 0 Å².